The average molecular weight is 423 g/mol. The van der Waals surface area contributed by atoms with E-state index in [1.807, 2.05) is 54.8 Å². The minimum absolute atomic E-state index is 0.0853. The second kappa shape index (κ2) is 8.20. The van der Waals surface area contributed by atoms with E-state index in [9.17, 15) is 9.59 Å². The van der Waals surface area contributed by atoms with Gasteiger partial charge in [0.1, 0.15) is 10.4 Å². The molecule has 4 rings (SSSR count). The second-order valence-electron chi connectivity index (χ2n) is 6.89. The Bertz CT molecular complexity index is 1270. The summed E-state index contributed by atoms with van der Waals surface area (Å²) in [4.78, 5) is 27.1. The summed E-state index contributed by atoms with van der Waals surface area (Å²) in [5.74, 6) is 0.729. The van der Waals surface area contributed by atoms with Gasteiger partial charge < -0.3 is 19.8 Å². The van der Waals surface area contributed by atoms with E-state index >= 15 is 0 Å². The Morgan fingerprint density at radius 1 is 1.17 bits per heavy atom. The first-order valence-corrected chi connectivity index (χ1v) is 10.5. The van der Waals surface area contributed by atoms with Gasteiger partial charge in [0.15, 0.2) is 0 Å². The highest BCUT2D eigenvalue weighted by atomic mass is 32.1. The molecular formula is C23H22N2O4S. The van der Waals surface area contributed by atoms with Crippen LogP contribution in [-0.4, -0.2) is 24.8 Å². The van der Waals surface area contributed by atoms with Gasteiger partial charge in [0, 0.05) is 21.9 Å². The van der Waals surface area contributed by atoms with Crippen LogP contribution < -0.4 is 15.6 Å². The van der Waals surface area contributed by atoms with E-state index in [4.69, 9.17) is 9.47 Å². The van der Waals surface area contributed by atoms with E-state index in [2.05, 4.69) is 10.3 Å². The summed E-state index contributed by atoms with van der Waals surface area (Å²) in [7, 11) is 1.64. The fourth-order valence-electron chi connectivity index (χ4n) is 3.66. The van der Waals surface area contributed by atoms with E-state index in [1.54, 1.807) is 14.0 Å². The second-order valence-corrected chi connectivity index (χ2v) is 7.81. The highest BCUT2D eigenvalue weighted by Gasteiger charge is 2.17. The van der Waals surface area contributed by atoms with Gasteiger partial charge in [-0.1, -0.05) is 24.3 Å². The Hall–Kier alpha value is -3.32. The van der Waals surface area contributed by atoms with E-state index in [1.165, 1.54) is 11.3 Å². The van der Waals surface area contributed by atoms with Gasteiger partial charge in [-0.2, -0.15) is 0 Å². The molecular weight excluding hydrogens is 400 g/mol. The zero-order valence-electron chi connectivity index (χ0n) is 16.9. The average Bonchev–Trinajstić information content (AvgIpc) is 3.24. The lowest BCUT2D eigenvalue weighted by Crippen LogP contribution is -2.27. The lowest BCUT2D eigenvalue weighted by Gasteiger charge is -2.16. The molecule has 0 saturated carbocycles. The number of benzene rings is 2. The van der Waals surface area contributed by atoms with Crippen molar-refractivity contribution in [2.75, 3.05) is 13.7 Å². The van der Waals surface area contributed by atoms with Crippen molar-refractivity contribution in [1.82, 2.24) is 10.3 Å². The Kier molecular flexibility index (Phi) is 5.46. The largest absolute Gasteiger partial charge is 0.496 e. The maximum Gasteiger partial charge on any atom is 0.407 e. The molecule has 2 heterocycles. The van der Waals surface area contributed by atoms with Crippen LogP contribution in [0, 0.1) is 0 Å². The van der Waals surface area contributed by atoms with Gasteiger partial charge in [0.25, 0.3) is 5.56 Å². The van der Waals surface area contributed by atoms with Crippen LogP contribution in [0.25, 0.3) is 32.1 Å². The van der Waals surface area contributed by atoms with Crippen LogP contribution in [-0.2, 0) is 4.74 Å². The van der Waals surface area contributed by atoms with E-state index in [0.29, 0.717) is 11.3 Å². The Labute approximate surface area is 177 Å². The number of ether oxygens (including phenoxy) is 2. The number of hydrogen-bond donors (Lipinski definition) is 2. The molecule has 1 atom stereocenters. The van der Waals surface area contributed by atoms with E-state index < -0.39 is 6.09 Å². The number of methoxy groups -OCH3 is 1. The maximum atomic E-state index is 12.4. The van der Waals surface area contributed by atoms with Gasteiger partial charge in [0.2, 0.25) is 0 Å². The molecule has 1 unspecified atom stereocenters. The molecule has 0 radical (unpaired) electrons. The fourth-order valence-corrected chi connectivity index (χ4v) is 4.45. The topological polar surface area (TPSA) is 80.4 Å². The van der Waals surface area contributed by atoms with Gasteiger partial charge in [-0.25, -0.2) is 4.79 Å². The summed E-state index contributed by atoms with van der Waals surface area (Å²) in [5.41, 5.74) is 3.53. The molecule has 2 aromatic heterocycles. The number of pyridine rings is 1. The van der Waals surface area contributed by atoms with E-state index in [0.717, 1.165) is 38.7 Å². The van der Waals surface area contributed by atoms with Crippen LogP contribution >= 0.6 is 11.3 Å². The molecule has 6 nitrogen and oxygen atoms in total. The summed E-state index contributed by atoms with van der Waals surface area (Å²) in [6, 6.07) is 13.5. The van der Waals surface area contributed by atoms with Crippen molar-refractivity contribution in [1.29, 1.82) is 0 Å². The van der Waals surface area contributed by atoms with Crippen molar-refractivity contribution < 1.29 is 14.3 Å². The summed E-state index contributed by atoms with van der Waals surface area (Å²) >= 11 is 1.43. The number of thiophene rings is 1. The lowest BCUT2D eigenvalue weighted by atomic mass is 9.95. The molecule has 7 heteroatoms. The zero-order chi connectivity index (χ0) is 21.3. The Balaban J connectivity index is 1.82. The predicted molar refractivity (Wildman–Crippen MR) is 121 cm³/mol. The molecule has 0 fully saturated rings. The highest BCUT2D eigenvalue weighted by Crippen LogP contribution is 2.40. The quantitative estimate of drug-likeness (QED) is 0.462. The van der Waals surface area contributed by atoms with Crippen LogP contribution in [0.15, 0.2) is 52.6 Å². The van der Waals surface area contributed by atoms with E-state index in [-0.39, 0.29) is 11.6 Å². The summed E-state index contributed by atoms with van der Waals surface area (Å²) < 4.78 is 11.3. The SMILES string of the molecule is CCOC(=O)NC(C)c1ccc(-c2c(OC)ccc3[nH]c(=O)c4sccc4c23)cc1. The fraction of sp³-hybridized carbons (Fsp3) is 0.217. The van der Waals surface area contributed by atoms with Crippen molar-refractivity contribution in [2.24, 2.45) is 0 Å². The number of carbonyl (C=O) groups is 1. The van der Waals surface area contributed by atoms with Gasteiger partial charge in [-0.05, 0) is 48.6 Å². The first-order valence-electron chi connectivity index (χ1n) is 9.67. The minimum Gasteiger partial charge on any atom is -0.496 e. The predicted octanol–water partition coefficient (Wildman–Crippen LogP) is 5.23. The maximum absolute atomic E-state index is 12.4. The standard InChI is InChI=1S/C23H22N2O4S/c1-4-29-23(27)24-13(2)14-5-7-15(8-6-14)19-18(28-3)10-9-17-20(19)16-11-12-30-21(16)22(26)25-17/h5-13H,4H2,1-3H3,(H,24,27)(H,25,26). The van der Waals surface area contributed by atoms with Crippen molar-refractivity contribution in [3.63, 3.8) is 0 Å². The summed E-state index contributed by atoms with van der Waals surface area (Å²) in [5, 5.41) is 6.60. The minimum atomic E-state index is -0.436. The first-order chi connectivity index (χ1) is 14.5. The van der Waals surface area contributed by atoms with Gasteiger partial charge >= 0.3 is 6.09 Å². The van der Waals surface area contributed by atoms with Crippen molar-refractivity contribution >= 4 is 38.4 Å². The van der Waals surface area contributed by atoms with Crippen molar-refractivity contribution in [3.05, 3.63) is 63.8 Å². The molecule has 0 aliphatic heterocycles. The van der Waals surface area contributed by atoms with Crippen LogP contribution in [0.3, 0.4) is 0 Å². The number of carbonyl (C=O) groups excluding carboxylic acids is 1. The molecule has 0 spiro atoms. The lowest BCUT2D eigenvalue weighted by molar-refractivity contribution is 0.149. The third-order valence-electron chi connectivity index (χ3n) is 5.09. The first kappa shape index (κ1) is 20.0. The molecule has 30 heavy (non-hydrogen) atoms. The number of nitrogens with one attached hydrogen (secondary N) is 2. The molecule has 2 N–H and O–H groups in total. The number of rotatable bonds is 5. The molecule has 1 amide bonds. The van der Waals surface area contributed by atoms with Crippen LogP contribution in [0.2, 0.25) is 0 Å². The molecule has 0 aliphatic rings. The number of hydrogen-bond acceptors (Lipinski definition) is 5. The summed E-state index contributed by atoms with van der Waals surface area (Å²) in [6.45, 7) is 4.01. The van der Waals surface area contributed by atoms with Crippen LogP contribution in [0.5, 0.6) is 5.75 Å². The third-order valence-corrected chi connectivity index (χ3v) is 6.00. The third kappa shape index (κ3) is 3.52. The molecule has 0 bridgehead atoms. The molecule has 0 saturated heterocycles. The monoisotopic (exact) mass is 422 g/mol. The molecule has 0 aliphatic carbocycles. The molecule has 154 valence electrons. The molecule has 4 aromatic rings. The highest BCUT2D eigenvalue weighted by molar-refractivity contribution is 7.17. The number of aromatic nitrogens is 1. The smallest absolute Gasteiger partial charge is 0.407 e. The number of alkyl carbamates (subject to hydrolysis) is 1. The van der Waals surface area contributed by atoms with Gasteiger partial charge in [-0.15, -0.1) is 11.3 Å². The van der Waals surface area contributed by atoms with Gasteiger partial charge in [0.05, 0.1) is 19.8 Å². The van der Waals surface area contributed by atoms with Crippen LogP contribution in [0.1, 0.15) is 25.5 Å². The van der Waals surface area contributed by atoms with Gasteiger partial charge in [-0.3, -0.25) is 4.79 Å². The number of aromatic amines is 1. The summed E-state index contributed by atoms with van der Waals surface area (Å²) in [6.07, 6.45) is -0.436. The number of H-pyrrole nitrogens is 1. The van der Waals surface area contributed by atoms with Crippen molar-refractivity contribution in [2.45, 2.75) is 19.9 Å². The Morgan fingerprint density at radius 3 is 2.63 bits per heavy atom. The number of fused-ring (bicyclic) bond motifs is 3. The van der Waals surface area contributed by atoms with Crippen molar-refractivity contribution in [3.8, 4) is 16.9 Å². The zero-order valence-corrected chi connectivity index (χ0v) is 17.8. The van der Waals surface area contributed by atoms with Crippen LogP contribution in [0.4, 0.5) is 4.79 Å². The molecule has 2 aromatic carbocycles. The Morgan fingerprint density at radius 2 is 1.93 bits per heavy atom. The number of amides is 1. The normalized spacial score (nSPS) is 12.1.